The molecule has 14 rings (SSSR count). The van der Waals surface area contributed by atoms with Crippen molar-refractivity contribution in [2.24, 2.45) is 0 Å². The zero-order valence-electron chi connectivity index (χ0n) is 37.5. The first kappa shape index (κ1) is 37.0. The van der Waals surface area contributed by atoms with Gasteiger partial charge < -0.3 is 8.80 Å². The number of nitrogens with zero attached hydrogens (tertiary/aromatic N) is 2. The summed E-state index contributed by atoms with van der Waals surface area (Å²) in [5, 5.41) is 11.0. The molecule has 310 valence electrons. The summed E-state index contributed by atoms with van der Waals surface area (Å²) in [5.74, 6) is 0.579. The van der Waals surface area contributed by atoms with Crippen molar-refractivity contribution in [2.75, 3.05) is 0 Å². The average molecular weight is 833 g/mol. The van der Waals surface area contributed by atoms with Gasteiger partial charge in [0.25, 0.3) is 0 Å². The molecule has 2 aliphatic carbocycles. The Balaban J connectivity index is 1.31. The predicted octanol–water partition coefficient (Wildman–Crippen LogP) is 17.2. The molecular weight excluding hydrogens is 785 g/mol. The van der Waals surface area contributed by atoms with Gasteiger partial charge in [-0.2, -0.15) is 0 Å². The van der Waals surface area contributed by atoms with Crippen LogP contribution in [0.3, 0.4) is 0 Å². The lowest BCUT2D eigenvalue weighted by Crippen LogP contribution is -2.03. The van der Waals surface area contributed by atoms with Crippen molar-refractivity contribution in [3.63, 3.8) is 0 Å². The van der Waals surface area contributed by atoms with E-state index in [1.165, 1.54) is 143 Å². The summed E-state index contributed by atoms with van der Waals surface area (Å²) in [6, 6.07) is 53.2. The van der Waals surface area contributed by atoms with Crippen LogP contribution < -0.4 is 0 Å². The zero-order chi connectivity index (χ0) is 43.6. The molecule has 4 aromatic heterocycles. The highest BCUT2D eigenvalue weighted by Gasteiger charge is 2.40. The first-order valence-electron chi connectivity index (χ1n) is 23.6. The molecule has 0 saturated carbocycles. The quantitative estimate of drug-likeness (QED) is 0.148. The van der Waals surface area contributed by atoms with E-state index in [-0.39, 0.29) is 23.7 Å². The van der Waals surface area contributed by atoms with E-state index in [0.29, 0.717) is 0 Å². The van der Waals surface area contributed by atoms with Gasteiger partial charge in [-0.3, -0.25) is 0 Å². The van der Waals surface area contributed by atoms with Crippen molar-refractivity contribution in [3.8, 4) is 22.3 Å². The van der Waals surface area contributed by atoms with Crippen LogP contribution in [0.4, 0.5) is 0 Å². The number of rotatable bonds is 6. The van der Waals surface area contributed by atoms with Crippen molar-refractivity contribution >= 4 is 76.2 Å². The molecule has 2 atom stereocenters. The number of benzene rings is 8. The average Bonchev–Trinajstić information content (AvgIpc) is 4.16. The molecule has 0 N–H and O–H groups in total. The minimum Gasteiger partial charge on any atom is -0.308 e. The van der Waals surface area contributed by atoms with Crippen LogP contribution in [0.25, 0.3) is 98.4 Å². The number of hydrogen-bond donors (Lipinski definition) is 0. The van der Waals surface area contributed by atoms with E-state index in [2.05, 4.69) is 208 Å². The van der Waals surface area contributed by atoms with Crippen LogP contribution in [0.2, 0.25) is 0 Å². The smallest absolute Gasteiger partial charge is 0.0624 e. The molecule has 0 spiro atoms. The van der Waals surface area contributed by atoms with E-state index in [0.717, 1.165) is 0 Å². The number of para-hydroxylation sites is 2. The van der Waals surface area contributed by atoms with Crippen LogP contribution in [0.1, 0.15) is 97.2 Å². The van der Waals surface area contributed by atoms with Crippen LogP contribution in [-0.2, 0) is 0 Å². The van der Waals surface area contributed by atoms with Crippen LogP contribution in [0.5, 0.6) is 0 Å². The molecule has 0 saturated heterocycles. The third-order valence-corrected chi connectivity index (χ3v) is 15.5. The highest BCUT2D eigenvalue weighted by molar-refractivity contribution is 6.34. The minimum absolute atomic E-state index is 0.0488. The molecule has 0 aliphatic heterocycles. The van der Waals surface area contributed by atoms with Gasteiger partial charge in [-0.1, -0.05) is 174 Å². The lowest BCUT2D eigenvalue weighted by Gasteiger charge is -2.21. The van der Waals surface area contributed by atoms with Gasteiger partial charge in [0.05, 0.1) is 33.1 Å². The third kappa shape index (κ3) is 4.45. The molecule has 0 fully saturated rings. The highest BCUT2D eigenvalue weighted by Crippen LogP contribution is 2.61. The molecule has 4 heterocycles. The SMILES string of the molecule is C=C/C=C(\C=C/C)C1c2ccccc2-c2cc3c4ccccc4n4c5c(C(C)C)c6c7c8c(cc9c%10ccccc%10n(c6c(C(C)C)c5c(c21)c34)c97)-c1ccccc1C8c1ccccc1. The van der Waals surface area contributed by atoms with E-state index in [9.17, 15) is 0 Å². The molecule has 0 bridgehead atoms. The summed E-state index contributed by atoms with van der Waals surface area (Å²) in [4.78, 5) is 0. The van der Waals surface area contributed by atoms with Gasteiger partial charge >= 0.3 is 0 Å². The van der Waals surface area contributed by atoms with E-state index in [1.807, 2.05) is 6.08 Å². The van der Waals surface area contributed by atoms with Gasteiger partial charge in [0.15, 0.2) is 0 Å². The molecule has 65 heavy (non-hydrogen) atoms. The zero-order valence-corrected chi connectivity index (χ0v) is 37.5. The van der Waals surface area contributed by atoms with Crippen LogP contribution in [0, 0.1) is 0 Å². The van der Waals surface area contributed by atoms with E-state index in [1.54, 1.807) is 0 Å². The summed E-state index contributed by atoms with van der Waals surface area (Å²) >= 11 is 0. The van der Waals surface area contributed by atoms with Crippen LogP contribution >= 0.6 is 0 Å². The van der Waals surface area contributed by atoms with Gasteiger partial charge in [-0.25, -0.2) is 0 Å². The maximum Gasteiger partial charge on any atom is 0.0624 e. The van der Waals surface area contributed by atoms with E-state index >= 15 is 0 Å². The molecular formula is C63H48N2. The number of hydrogen-bond acceptors (Lipinski definition) is 0. The summed E-state index contributed by atoms with van der Waals surface area (Å²) < 4.78 is 5.45. The molecule has 0 amide bonds. The largest absolute Gasteiger partial charge is 0.308 e. The van der Waals surface area contributed by atoms with E-state index in [4.69, 9.17) is 0 Å². The molecule has 12 aromatic rings. The third-order valence-electron chi connectivity index (χ3n) is 15.5. The minimum atomic E-state index is 0.0488. The first-order chi connectivity index (χ1) is 31.9. The lowest BCUT2D eigenvalue weighted by molar-refractivity contribution is 0.869. The maximum absolute atomic E-state index is 4.24. The normalized spacial score (nSPS) is 16.1. The predicted molar refractivity (Wildman–Crippen MR) is 277 cm³/mol. The first-order valence-corrected chi connectivity index (χ1v) is 23.6. The van der Waals surface area contributed by atoms with Gasteiger partial charge in [0, 0.05) is 54.9 Å². The van der Waals surface area contributed by atoms with Crippen molar-refractivity contribution < 1.29 is 0 Å². The number of allylic oxidation sites excluding steroid dienone is 5. The van der Waals surface area contributed by atoms with Crippen molar-refractivity contribution in [1.29, 1.82) is 0 Å². The molecule has 2 heteroatoms. The Bertz CT molecular complexity index is 4090. The summed E-state index contributed by atoms with van der Waals surface area (Å²) in [7, 11) is 0. The monoisotopic (exact) mass is 832 g/mol. The standard InChI is InChI=1S/C63H48N2/c1-7-20-36(21-8-2)52-42-28-14-12-24-38(42)44-32-46-40-26-16-18-30-48(40)64-60(46)58(54(44)52)56-50(34(3)4)63-57(51(35(5)6)62(56)64)59-55-45(33-47-41-27-17-19-31-49(41)65(63)61(47)59)39-25-13-15-29-43(39)53(55)37-22-10-9-11-23-37/h7-35,52-53H,1H2,2-6H3/b21-8-,36-20+. The molecule has 8 aromatic carbocycles. The summed E-state index contributed by atoms with van der Waals surface area (Å²) in [5.41, 5.74) is 24.6. The Labute approximate surface area is 378 Å². The Morgan fingerprint density at radius 2 is 1.00 bits per heavy atom. The van der Waals surface area contributed by atoms with Crippen molar-refractivity contribution in [2.45, 2.75) is 58.3 Å². The maximum atomic E-state index is 4.24. The van der Waals surface area contributed by atoms with Crippen LogP contribution in [-0.4, -0.2) is 8.80 Å². The van der Waals surface area contributed by atoms with Gasteiger partial charge in [-0.15, -0.1) is 0 Å². The highest BCUT2D eigenvalue weighted by atomic mass is 14.9. The number of fused-ring (bicyclic) bond motifs is 20. The Morgan fingerprint density at radius 3 is 1.57 bits per heavy atom. The Morgan fingerprint density at radius 1 is 0.508 bits per heavy atom. The fraction of sp³-hybridized carbons (Fsp3) is 0.143. The van der Waals surface area contributed by atoms with Crippen molar-refractivity contribution in [3.05, 3.63) is 215 Å². The lowest BCUT2D eigenvalue weighted by atomic mass is 9.81. The fourth-order valence-corrected chi connectivity index (χ4v) is 13.4. The molecule has 0 radical (unpaired) electrons. The second-order valence-corrected chi connectivity index (χ2v) is 19.4. The van der Waals surface area contributed by atoms with Crippen molar-refractivity contribution in [1.82, 2.24) is 8.80 Å². The second kappa shape index (κ2) is 13.1. The number of aromatic nitrogens is 2. The fourth-order valence-electron chi connectivity index (χ4n) is 13.4. The molecule has 2 unspecified atom stereocenters. The second-order valence-electron chi connectivity index (χ2n) is 19.4. The summed E-state index contributed by atoms with van der Waals surface area (Å²) in [6.07, 6.45) is 8.72. The van der Waals surface area contributed by atoms with Gasteiger partial charge in [0.2, 0.25) is 0 Å². The van der Waals surface area contributed by atoms with Crippen LogP contribution in [0.15, 0.2) is 176 Å². The molecule has 2 nitrogen and oxygen atoms in total. The molecule has 2 aliphatic rings. The van der Waals surface area contributed by atoms with Gasteiger partial charge in [-0.05, 0) is 110 Å². The summed E-state index contributed by atoms with van der Waals surface area (Å²) in [6.45, 7) is 16.2. The Hall–Kier alpha value is -7.42. The topological polar surface area (TPSA) is 8.82 Å². The Kier molecular flexibility index (Phi) is 7.45. The van der Waals surface area contributed by atoms with Gasteiger partial charge in [0.1, 0.15) is 0 Å². The van der Waals surface area contributed by atoms with E-state index < -0.39 is 0 Å².